The zero-order chi connectivity index (χ0) is 19.3. The van der Waals surface area contributed by atoms with Gasteiger partial charge in [-0.15, -0.1) is 0 Å². The van der Waals surface area contributed by atoms with Crippen LogP contribution in [0.5, 0.6) is 5.75 Å². The summed E-state index contributed by atoms with van der Waals surface area (Å²) in [6, 6.07) is 4.86. The standard InChI is InChI=1S/C17H18N2O7/c1-9-10(2)17(24)26-13-5-11(3-4-12(9)13)25-8-15(21)18-6-14(20)19-7-16(22)23/h3-5H,6-8H2,1-2H3,(H,18,21)(H,19,20)(H,22,23)/p-1. The molecule has 0 aliphatic heterocycles. The van der Waals surface area contributed by atoms with Crippen molar-refractivity contribution in [2.75, 3.05) is 19.7 Å². The SMILES string of the molecule is Cc1c(C)c2ccc(OCC(=O)NCC(=O)NCC(=O)[O-])cc2oc1=O. The molecule has 26 heavy (non-hydrogen) atoms. The molecule has 9 heteroatoms. The van der Waals surface area contributed by atoms with Gasteiger partial charge in [-0.3, -0.25) is 9.59 Å². The summed E-state index contributed by atoms with van der Waals surface area (Å²) in [5.74, 6) is -2.35. The van der Waals surface area contributed by atoms with Gasteiger partial charge in [0.25, 0.3) is 5.91 Å². The van der Waals surface area contributed by atoms with E-state index >= 15 is 0 Å². The van der Waals surface area contributed by atoms with Crippen molar-refractivity contribution < 1.29 is 28.6 Å². The first-order chi connectivity index (χ1) is 12.3. The number of aliphatic carboxylic acids is 1. The minimum Gasteiger partial charge on any atom is -0.548 e. The molecule has 0 unspecified atom stereocenters. The van der Waals surface area contributed by atoms with E-state index in [2.05, 4.69) is 5.32 Å². The highest BCUT2D eigenvalue weighted by molar-refractivity contribution is 5.87. The van der Waals surface area contributed by atoms with Crippen LogP contribution in [0.1, 0.15) is 11.1 Å². The number of carboxylic acid groups (broad SMARTS) is 1. The van der Waals surface area contributed by atoms with Crippen molar-refractivity contribution in [2.45, 2.75) is 13.8 Å². The van der Waals surface area contributed by atoms with E-state index in [4.69, 9.17) is 9.15 Å². The van der Waals surface area contributed by atoms with E-state index in [1.54, 1.807) is 19.1 Å². The molecule has 0 aliphatic carbocycles. The van der Waals surface area contributed by atoms with Gasteiger partial charge in [0, 0.05) is 17.0 Å². The Labute approximate surface area is 147 Å². The maximum absolute atomic E-state index is 11.7. The number of amides is 2. The topological polar surface area (TPSA) is 138 Å². The predicted octanol–water partition coefficient (Wildman–Crippen LogP) is -1.23. The zero-order valence-electron chi connectivity index (χ0n) is 14.2. The van der Waals surface area contributed by atoms with Gasteiger partial charge in [0.2, 0.25) is 5.91 Å². The molecule has 0 fully saturated rings. The lowest BCUT2D eigenvalue weighted by atomic mass is 10.1. The van der Waals surface area contributed by atoms with Crippen molar-refractivity contribution in [2.24, 2.45) is 0 Å². The van der Waals surface area contributed by atoms with Crippen LogP contribution in [-0.2, 0) is 14.4 Å². The van der Waals surface area contributed by atoms with E-state index in [-0.39, 0.29) is 13.2 Å². The normalized spacial score (nSPS) is 10.4. The van der Waals surface area contributed by atoms with Gasteiger partial charge in [-0.2, -0.15) is 0 Å². The Morgan fingerprint density at radius 2 is 1.77 bits per heavy atom. The lowest BCUT2D eigenvalue weighted by Crippen LogP contribution is -2.43. The Kier molecular flexibility index (Phi) is 5.94. The van der Waals surface area contributed by atoms with Crippen molar-refractivity contribution in [3.05, 3.63) is 39.7 Å². The fourth-order valence-electron chi connectivity index (χ4n) is 2.13. The number of fused-ring (bicyclic) bond motifs is 1. The van der Waals surface area contributed by atoms with Crippen LogP contribution in [0, 0.1) is 13.8 Å². The lowest BCUT2D eigenvalue weighted by molar-refractivity contribution is -0.304. The number of carboxylic acids is 1. The average Bonchev–Trinajstić information content (AvgIpc) is 2.60. The Bertz CT molecular complexity index is 917. The number of ether oxygens (including phenoxy) is 1. The fraction of sp³-hybridized carbons (Fsp3) is 0.294. The molecule has 2 aromatic rings. The quantitative estimate of drug-likeness (QED) is 0.589. The molecular weight excluding hydrogens is 344 g/mol. The molecule has 1 aromatic heterocycles. The van der Waals surface area contributed by atoms with Gasteiger partial charge in [-0.25, -0.2) is 4.79 Å². The highest BCUT2D eigenvalue weighted by atomic mass is 16.5. The first-order valence-electron chi connectivity index (χ1n) is 7.68. The molecule has 1 heterocycles. The number of aryl methyl sites for hydroxylation is 1. The summed E-state index contributed by atoms with van der Waals surface area (Å²) in [6.07, 6.45) is 0. The summed E-state index contributed by atoms with van der Waals surface area (Å²) in [7, 11) is 0. The molecule has 0 radical (unpaired) electrons. The van der Waals surface area contributed by atoms with Gasteiger partial charge in [-0.1, -0.05) is 0 Å². The molecule has 0 spiro atoms. The monoisotopic (exact) mass is 361 g/mol. The van der Waals surface area contributed by atoms with Crippen LogP contribution in [0.15, 0.2) is 27.4 Å². The molecule has 2 amide bonds. The van der Waals surface area contributed by atoms with Crippen molar-refractivity contribution in [3.63, 3.8) is 0 Å². The highest BCUT2D eigenvalue weighted by Gasteiger charge is 2.10. The average molecular weight is 361 g/mol. The summed E-state index contributed by atoms with van der Waals surface area (Å²) in [6.45, 7) is 2.10. The highest BCUT2D eigenvalue weighted by Crippen LogP contribution is 2.23. The third-order valence-electron chi connectivity index (χ3n) is 3.67. The molecule has 9 nitrogen and oxygen atoms in total. The summed E-state index contributed by atoms with van der Waals surface area (Å²) < 4.78 is 10.5. The molecule has 0 saturated carbocycles. The van der Waals surface area contributed by atoms with Crippen LogP contribution in [0.3, 0.4) is 0 Å². The molecule has 0 aliphatic rings. The minimum atomic E-state index is -1.43. The molecule has 0 bridgehead atoms. The van der Waals surface area contributed by atoms with E-state index in [0.29, 0.717) is 16.9 Å². The third-order valence-corrected chi connectivity index (χ3v) is 3.67. The predicted molar refractivity (Wildman–Crippen MR) is 88.5 cm³/mol. The van der Waals surface area contributed by atoms with Crippen molar-refractivity contribution >= 4 is 28.8 Å². The number of hydrogen-bond acceptors (Lipinski definition) is 7. The van der Waals surface area contributed by atoms with E-state index < -0.39 is 30.0 Å². The van der Waals surface area contributed by atoms with E-state index in [0.717, 1.165) is 10.9 Å². The van der Waals surface area contributed by atoms with Gasteiger partial charge in [0.05, 0.1) is 19.1 Å². The van der Waals surface area contributed by atoms with Crippen LogP contribution in [0.25, 0.3) is 11.0 Å². The zero-order valence-corrected chi connectivity index (χ0v) is 14.2. The van der Waals surface area contributed by atoms with E-state index in [1.165, 1.54) is 6.07 Å². The Morgan fingerprint density at radius 1 is 1.08 bits per heavy atom. The molecule has 2 rings (SSSR count). The van der Waals surface area contributed by atoms with Crippen LogP contribution in [0.2, 0.25) is 0 Å². The maximum Gasteiger partial charge on any atom is 0.339 e. The fourth-order valence-corrected chi connectivity index (χ4v) is 2.13. The number of hydrogen-bond donors (Lipinski definition) is 2. The Hall–Kier alpha value is -3.36. The van der Waals surface area contributed by atoms with Crippen molar-refractivity contribution in [1.82, 2.24) is 10.6 Å². The summed E-state index contributed by atoms with van der Waals surface area (Å²) >= 11 is 0. The van der Waals surface area contributed by atoms with Crippen LogP contribution >= 0.6 is 0 Å². The number of carbonyl (C=O) groups is 3. The van der Waals surface area contributed by atoms with Crippen LogP contribution < -0.4 is 26.1 Å². The largest absolute Gasteiger partial charge is 0.548 e. The van der Waals surface area contributed by atoms with Gasteiger partial charge < -0.3 is 29.7 Å². The van der Waals surface area contributed by atoms with Crippen molar-refractivity contribution in [3.8, 4) is 5.75 Å². The number of carbonyl (C=O) groups excluding carboxylic acids is 3. The number of nitrogens with one attached hydrogen (secondary N) is 2. The van der Waals surface area contributed by atoms with Crippen LogP contribution in [0.4, 0.5) is 0 Å². The van der Waals surface area contributed by atoms with E-state index in [9.17, 15) is 24.3 Å². The maximum atomic E-state index is 11.7. The molecular formula is C17H17N2O7-. The first-order valence-corrected chi connectivity index (χ1v) is 7.68. The van der Waals surface area contributed by atoms with Gasteiger partial charge in [0.15, 0.2) is 6.61 Å². The Morgan fingerprint density at radius 3 is 2.46 bits per heavy atom. The second-order valence-corrected chi connectivity index (χ2v) is 5.51. The lowest BCUT2D eigenvalue weighted by Gasteiger charge is -2.09. The van der Waals surface area contributed by atoms with Gasteiger partial charge in [0.1, 0.15) is 11.3 Å². The molecule has 2 N–H and O–H groups in total. The first kappa shape index (κ1) is 19.0. The summed E-state index contributed by atoms with van der Waals surface area (Å²) in [4.78, 5) is 44.8. The second-order valence-electron chi connectivity index (χ2n) is 5.51. The smallest absolute Gasteiger partial charge is 0.339 e. The third kappa shape index (κ3) is 4.82. The Balaban J connectivity index is 1.92. The molecule has 0 atom stereocenters. The van der Waals surface area contributed by atoms with E-state index in [1.807, 2.05) is 12.2 Å². The van der Waals surface area contributed by atoms with Crippen LogP contribution in [-0.4, -0.2) is 37.5 Å². The van der Waals surface area contributed by atoms with Gasteiger partial charge >= 0.3 is 5.63 Å². The van der Waals surface area contributed by atoms with Crippen molar-refractivity contribution in [1.29, 1.82) is 0 Å². The molecule has 0 saturated heterocycles. The van der Waals surface area contributed by atoms with Gasteiger partial charge in [-0.05, 0) is 31.5 Å². The minimum absolute atomic E-state index is 0.320. The molecule has 138 valence electrons. The second kappa shape index (κ2) is 8.15. The molecule has 1 aromatic carbocycles. The summed E-state index contributed by atoms with van der Waals surface area (Å²) in [5.41, 5.74) is 1.25. The summed E-state index contributed by atoms with van der Waals surface area (Å²) in [5, 5.41) is 15.3. The number of rotatable bonds is 7. The number of benzene rings is 1.